The molecule has 0 aromatic rings. The summed E-state index contributed by atoms with van der Waals surface area (Å²) in [5, 5.41) is 0. The number of unbranched alkanes of at least 4 members (excludes halogenated alkanes) is 13. The Morgan fingerprint density at radius 1 is 0.450 bits per heavy atom. The topological polar surface area (TPSA) is 43.4 Å². The standard InChI is InChI=1S/C36H60O3.Na.H/c1-3-5-7-9-11-13-15-17-19-21-23-25-27-29-31-33-35(37)39-36(38)34-32-30-28-26-24-22-20-18-16-14-12-10-8-6-4-2;;/h5,7,11-14,17-20H,3-4,6,8-10,15-16,21-34H2,1-2H3;;/b7-5-,13-11-,14-12-,19-17-,20-18-;;. The van der Waals surface area contributed by atoms with Crippen LogP contribution in [-0.2, 0) is 14.3 Å². The number of hydrogen-bond donors (Lipinski definition) is 0. The molecule has 0 N–H and O–H groups in total. The molecule has 0 bridgehead atoms. The Bertz CT molecular complexity index is 703. The van der Waals surface area contributed by atoms with Gasteiger partial charge in [0.15, 0.2) is 0 Å². The number of carbonyl (C=O) groups is 2. The summed E-state index contributed by atoms with van der Waals surface area (Å²) in [5.74, 6) is -0.714. The molecule has 0 unspecified atom stereocenters. The van der Waals surface area contributed by atoms with Crippen LogP contribution in [0.2, 0.25) is 0 Å². The number of hydrogen-bond acceptors (Lipinski definition) is 3. The summed E-state index contributed by atoms with van der Waals surface area (Å²) in [6.45, 7) is 4.39. The zero-order valence-corrected chi connectivity index (χ0v) is 25.6. The van der Waals surface area contributed by atoms with E-state index in [1.807, 2.05) is 0 Å². The van der Waals surface area contributed by atoms with Crippen molar-refractivity contribution in [2.45, 2.75) is 155 Å². The molecule has 0 heterocycles. The second-order valence-corrected chi connectivity index (χ2v) is 10.4. The Labute approximate surface area is 270 Å². The fourth-order valence-electron chi connectivity index (χ4n) is 4.20. The predicted octanol–water partition coefficient (Wildman–Crippen LogP) is 10.8. The summed E-state index contributed by atoms with van der Waals surface area (Å²) in [4.78, 5) is 23.8. The van der Waals surface area contributed by atoms with Gasteiger partial charge in [0.25, 0.3) is 0 Å². The van der Waals surface area contributed by atoms with Gasteiger partial charge in [-0.1, -0.05) is 126 Å². The van der Waals surface area contributed by atoms with Gasteiger partial charge >= 0.3 is 41.5 Å². The minimum absolute atomic E-state index is 0. The molecule has 0 aliphatic rings. The van der Waals surface area contributed by atoms with Crippen LogP contribution in [0.15, 0.2) is 60.8 Å². The maximum absolute atomic E-state index is 11.9. The molecule has 0 saturated heterocycles. The molecular formula is C36H61NaO3. The van der Waals surface area contributed by atoms with Gasteiger partial charge in [0.1, 0.15) is 0 Å². The monoisotopic (exact) mass is 564 g/mol. The molecule has 0 aromatic heterocycles. The van der Waals surface area contributed by atoms with Gasteiger partial charge in [0, 0.05) is 12.8 Å². The number of ether oxygens (including phenoxy) is 1. The molecule has 0 aromatic carbocycles. The van der Waals surface area contributed by atoms with Gasteiger partial charge in [-0.3, -0.25) is 9.59 Å². The van der Waals surface area contributed by atoms with E-state index >= 15 is 0 Å². The van der Waals surface area contributed by atoms with Gasteiger partial charge in [-0.2, -0.15) is 0 Å². The summed E-state index contributed by atoms with van der Waals surface area (Å²) < 4.78 is 4.98. The first-order valence-corrected chi connectivity index (χ1v) is 16.2. The molecule has 0 aliphatic carbocycles. The molecular weight excluding hydrogens is 503 g/mol. The van der Waals surface area contributed by atoms with E-state index in [1.165, 1.54) is 51.4 Å². The van der Waals surface area contributed by atoms with E-state index in [-0.39, 0.29) is 41.5 Å². The molecule has 0 atom stereocenters. The maximum atomic E-state index is 11.9. The molecule has 0 amide bonds. The van der Waals surface area contributed by atoms with Crippen LogP contribution in [0.4, 0.5) is 0 Å². The third-order valence-corrected chi connectivity index (χ3v) is 6.59. The fourth-order valence-corrected chi connectivity index (χ4v) is 4.20. The Hall–Kier alpha value is -1.16. The van der Waals surface area contributed by atoms with Crippen molar-refractivity contribution < 1.29 is 14.3 Å². The summed E-state index contributed by atoms with van der Waals surface area (Å²) in [6.07, 6.45) is 45.4. The Morgan fingerprint density at radius 3 is 1.23 bits per heavy atom. The molecule has 0 spiro atoms. The van der Waals surface area contributed by atoms with Crippen molar-refractivity contribution in [3.05, 3.63) is 60.8 Å². The van der Waals surface area contributed by atoms with Crippen LogP contribution in [0.25, 0.3) is 0 Å². The van der Waals surface area contributed by atoms with Crippen LogP contribution in [0.1, 0.15) is 155 Å². The molecule has 0 fully saturated rings. The summed E-state index contributed by atoms with van der Waals surface area (Å²) in [6, 6.07) is 0. The first kappa shape index (κ1) is 41.0. The van der Waals surface area contributed by atoms with E-state index < -0.39 is 0 Å². The van der Waals surface area contributed by atoms with Gasteiger partial charge in [-0.15, -0.1) is 0 Å². The number of carbonyl (C=O) groups excluding carboxylic acids is 2. The minimum atomic E-state index is -0.358. The molecule has 40 heavy (non-hydrogen) atoms. The molecule has 4 heteroatoms. The van der Waals surface area contributed by atoms with Crippen molar-refractivity contribution in [1.29, 1.82) is 0 Å². The quantitative estimate of drug-likeness (QED) is 0.0328. The SMILES string of the molecule is CC/C=C\C/C=C\C/C=C\CCCCCCCC(=O)OC(=O)CCCCCCC/C=C\C/C=C\CCCCC.[NaH]. The van der Waals surface area contributed by atoms with E-state index in [0.717, 1.165) is 77.0 Å². The number of allylic oxidation sites excluding steroid dienone is 10. The summed E-state index contributed by atoms with van der Waals surface area (Å²) in [5.41, 5.74) is 0. The van der Waals surface area contributed by atoms with E-state index in [9.17, 15) is 9.59 Å². The van der Waals surface area contributed by atoms with Gasteiger partial charge < -0.3 is 4.74 Å². The van der Waals surface area contributed by atoms with E-state index in [4.69, 9.17) is 4.74 Å². The van der Waals surface area contributed by atoms with E-state index in [2.05, 4.69) is 74.6 Å². The van der Waals surface area contributed by atoms with Crippen molar-refractivity contribution in [3.8, 4) is 0 Å². The Balaban J connectivity index is 0. The molecule has 3 nitrogen and oxygen atoms in total. The number of esters is 2. The van der Waals surface area contributed by atoms with Crippen molar-refractivity contribution >= 4 is 41.5 Å². The first-order valence-electron chi connectivity index (χ1n) is 16.2. The predicted molar refractivity (Wildman–Crippen MR) is 177 cm³/mol. The Kier molecular flexibility index (Phi) is 36.7. The molecule has 0 aliphatic heterocycles. The average molecular weight is 565 g/mol. The first-order chi connectivity index (χ1) is 19.2. The fraction of sp³-hybridized carbons (Fsp3) is 0.667. The molecule has 0 rings (SSSR count). The van der Waals surface area contributed by atoms with Crippen molar-refractivity contribution in [2.24, 2.45) is 0 Å². The van der Waals surface area contributed by atoms with Gasteiger partial charge in [0.05, 0.1) is 0 Å². The van der Waals surface area contributed by atoms with Crippen LogP contribution in [0.3, 0.4) is 0 Å². The van der Waals surface area contributed by atoms with Crippen LogP contribution in [-0.4, -0.2) is 41.5 Å². The third kappa shape index (κ3) is 34.9. The summed E-state index contributed by atoms with van der Waals surface area (Å²) in [7, 11) is 0. The van der Waals surface area contributed by atoms with Crippen molar-refractivity contribution in [1.82, 2.24) is 0 Å². The average Bonchev–Trinajstić information content (AvgIpc) is 2.93. The van der Waals surface area contributed by atoms with Gasteiger partial charge in [-0.05, 0) is 77.0 Å². The van der Waals surface area contributed by atoms with E-state index in [0.29, 0.717) is 12.8 Å². The van der Waals surface area contributed by atoms with Gasteiger partial charge in [-0.25, -0.2) is 0 Å². The second-order valence-electron chi connectivity index (χ2n) is 10.4. The van der Waals surface area contributed by atoms with E-state index in [1.54, 1.807) is 0 Å². The van der Waals surface area contributed by atoms with Crippen LogP contribution < -0.4 is 0 Å². The van der Waals surface area contributed by atoms with Gasteiger partial charge in [0.2, 0.25) is 0 Å². The molecule has 224 valence electrons. The molecule has 0 saturated carbocycles. The second kappa shape index (κ2) is 35.9. The number of rotatable bonds is 27. The summed E-state index contributed by atoms with van der Waals surface area (Å²) >= 11 is 0. The zero-order valence-electron chi connectivity index (χ0n) is 25.6. The normalized spacial score (nSPS) is 11.9. The van der Waals surface area contributed by atoms with Crippen molar-refractivity contribution in [2.75, 3.05) is 0 Å². The van der Waals surface area contributed by atoms with Crippen LogP contribution >= 0.6 is 0 Å². The molecule has 0 radical (unpaired) electrons. The zero-order chi connectivity index (χ0) is 28.5. The Morgan fingerprint density at radius 2 is 0.800 bits per heavy atom. The van der Waals surface area contributed by atoms with Crippen LogP contribution in [0, 0.1) is 0 Å². The third-order valence-electron chi connectivity index (χ3n) is 6.59. The van der Waals surface area contributed by atoms with Crippen LogP contribution in [0.5, 0.6) is 0 Å². The van der Waals surface area contributed by atoms with Crippen molar-refractivity contribution in [3.63, 3.8) is 0 Å².